The van der Waals surface area contributed by atoms with Crippen LogP contribution in [0.25, 0.3) is 0 Å². The molecule has 31 heavy (non-hydrogen) atoms. The van der Waals surface area contributed by atoms with E-state index in [0.29, 0.717) is 18.8 Å². The van der Waals surface area contributed by atoms with E-state index in [1.165, 1.54) is 0 Å². The first kappa shape index (κ1) is 25.3. The Bertz CT molecular complexity index is 848. The zero-order valence-electron chi connectivity index (χ0n) is 18.9. The minimum Gasteiger partial charge on any atom is -0.367 e. The van der Waals surface area contributed by atoms with Gasteiger partial charge in [-0.2, -0.15) is 5.10 Å². The summed E-state index contributed by atoms with van der Waals surface area (Å²) >= 11 is 0. The number of piperazine rings is 1. The summed E-state index contributed by atoms with van der Waals surface area (Å²) < 4.78 is 16.5. The Morgan fingerprint density at radius 1 is 1.23 bits per heavy atom. The van der Waals surface area contributed by atoms with Crippen LogP contribution < -0.4 is 10.2 Å². The van der Waals surface area contributed by atoms with E-state index in [2.05, 4.69) is 37.1 Å². The molecule has 1 aliphatic heterocycles. The third kappa shape index (κ3) is 6.76. The number of aliphatic imine (C=N–C) groups is 1. The van der Waals surface area contributed by atoms with E-state index in [4.69, 9.17) is 0 Å². The maximum Gasteiger partial charge on any atom is 0.194 e. The molecule has 1 fully saturated rings. The van der Waals surface area contributed by atoms with E-state index < -0.39 is 0 Å². The first-order valence-electron chi connectivity index (χ1n) is 10.6. The van der Waals surface area contributed by atoms with Crippen LogP contribution in [-0.2, 0) is 20.1 Å². The van der Waals surface area contributed by atoms with Crippen molar-refractivity contribution in [2.75, 3.05) is 51.2 Å². The lowest BCUT2D eigenvalue weighted by Gasteiger charge is -2.35. The van der Waals surface area contributed by atoms with E-state index in [1.54, 1.807) is 17.1 Å². The SMILES string of the molecule is CCNC(=NCc1ccc(N2CCN(CC)CC2)c(F)c1)N(C)Cc1ncnn1C.I. The van der Waals surface area contributed by atoms with Gasteiger partial charge in [0.25, 0.3) is 0 Å². The van der Waals surface area contributed by atoms with Crippen LogP contribution in [0.2, 0.25) is 0 Å². The van der Waals surface area contributed by atoms with Gasteiger partial charge in [-0.05, 0) is 31.2 Å². The Morgan fingerprint density at radius 3 is 2.55 bits per heavy atom. The van der Waals surface area contributed by atoms with Gasteiger partial charge < -0.3 is 20.0 Å². The molecule has 10 heteroatoms. The Balaban J connectivity index is 0.00000341. The van der Waals surface area contributed by atoms with Gasteiger partial charge in [0.1, 0.15) is 18.0 Å². The van der Waals surface area contributed by atoms with Crippen LogP contribution in [0.1, 0.15) is 25.2 Å². The summed E-state index contributed by atoms with van der Waals surface area (Å²) in [7, 11) is 3.82. The van der Waals surface area contributed by atoms with Gasteiger partial charge >= 0.3 is 0 Å². The van der Waals surface area contributed by atoms with Crippen LogP contribution in [0.15, 0.2) is 29.5 Å². The maximum absolute atomic E-state index is 14.8. The van der Waals surface area contributed by atoms with Crippen molar-refractivity contribution in [3.05, 3.63) is 41.7 Å². The van der Waals surface area contributed by atoms with Gasteiger partial charge in [0.15, 0.2) is 5.96 Å². The van der Waals surface area contributed by atoms with Crippen molar-refractivity contribution in [1.82, 2.24) is 29.9 Å². The standard InChI is InChI=1S/C21H33FN8.HI/c1-5-23-21(27(3)15-20-25-16-26-28(20)4)24-14-17-7-8-19(18(22)13-17)30-11-9-29(6-2)10-12-30;/h7-8,13,16H,5-6,9-12,14-15H2,1-4H3,(H,23,24);1H. The first-order valence-corrected chi connectivity index (χ1v) is 10.6. The summed E-state index contributed by atoms with van der Waals surface area (Å²) in [5.74, 6) is 1.42. The number of guanidine groups is 1. The Hall–Kier alpha value is -1.95. The van der Waals surface area contributed by atoms with Crippen molar-refractivity contribution in [2.24, 2.45) is 12.0 Å². The van der Waals surface area contributed by atoms with Crippen LogP contribution in [0, 0.1) is 5.82 Å². The molecule has 0 unspecified atom stereocenters. The Labute approximate surface area is 201 Å². The number of benzene rings is 1. The van der Waals surface area contributed by atoms with Gasteiger partial charge in [0.2, 0.25) is 0 Å². The first-order chi connectivity index (χ1) is 14.5. The lowest BCUT2D eigenvalue weighted by atomic mass is 10.1. The summed E-state index contributed by atoms with van der Waals surface area (Å²) in [6, 6.07) is 5.47. The quantitative estimate of drug-likeness (QED) is 0.328. The van der Waals surface area contributed by atoms with E-state index >= 15 is 0 Å². The fourth-order valence-electron chi connectivity index (χ4n) is 3.60. The fraction of sp³-hybridized carbons (Fsp3) is 0.571. The average molecular weight is 544 g/mol. The third-order valence-electron chi connectivity index (χ3n) is 5.46. The van der Waals surface area contributed by atoms with Gasteiger partial charge in [-0.15, -0.1) is 24.0 Å². The maximum atomic E-state index is 14.8. The number of aryl methyl sites for hydroxylation is 1. The van der Waals surface area contributed by atoms with Crippen molar-refractivity contribution < 1.29 is 4.39 Å². The molecule has 172 valence electrons. The van der Waals surface area contributed by atoms with Crippen LogP contribution in [0.3, 0.4) is 0 Å². The molecule has 1 aromatic heterocycles. The van der Waals surface area contributed by atoms with E-state index in [-0.39, 0.29) is 29.8 Å². The van der Waals surface area contributed by atoms with Crippen molar-refractivity contribution in [1.29, 1.82) is 0 Å². The molecule has 0 spiro atoms. The van der Waals surface area contributed by atoms with Crippen molar-refractivity contribution in [2.45, 2.75) is 26.9 Å². The predicted molar refractivity (Wildman–Crippen MR) is 133 cm³/mol. The molecule has 0 radical (unpaired) electrons. The molecule has 1 saturated heterocycles. The van der Waals surface area contributed by atoms with Gasteiger partial charge in [-0.25, -0.2) is 14.4 Å². The molecule has 2 aromatic rings. The highest BCUT2D eigenvalue weighted by Crippen LogP contribution is 2.22. The van der Waals surface area contributed by atoms with Gasteiger partial charge in [0.05, 0.1) is 18.8 Å². The Morgan fingerprint density at radius 2 is 1.97 bits per heavy atom. The molecule has 3 rings (SSSR count). The highest BCUT2D eigenvalue weighted by atomic mass is 127. The molecular weight excluding hydrogens is 510 g/mol. The lowest BCUT2D eigenvalue weighted by Crippen LogP contribution is -2.46. The number of halogens is 2. The number of likely N-dealkylation sites (N-methyl/N-ethyl adjacent to an activating group) is 1. The number of nitrogens with one attached hydrogen (secondary N) is 1. The highest BCUT2D eigenvalue weighted by Gasteiger charge is 2.18. The molecule has 2 heterocycles. The second kappa shape index (κ2) is 12.2. The molecule has 8 nitrogen and oxygen atoms in total. The smallest absolute Gasteiger partial charge is 0.194 e. The fourth-order valence-corrected chi connectivity index (χ4v) is 3.60. The molecule has 0 saturated carbocycles. The number of rotatable bonds is 7. The summed E-state index contributed by atoms with van der Waals surface area (Å²) in [5, 5.41) is 7.39. The predicted octanol–water partition coefficient (Wildman–Crippen LogP) is 2.31. The van der Waals surface area contributed by atoms with Gasteiger partial charge in [-0.3, -0.25) is 4.68 Å². The number of anilines is 1. The summed E-state index contributed by atoms with van der Waals surface area (Å²) in [6.07, 6.45) is 1.54. The van der Waals surface area contributed by atoms with Gasteiger partial charge in [0, 0.05) is 46.8 Å². The number of nitrogens with zero attached hydrogens (tertiary/aromatic N) is 7. The highest BCUT2D eigenvalue weighted by molar-refractivity contribution is 14.0. The number of aromatic nitrogens is 3. The monoisotopic (exact) mass is 544 g/mol. The second-order valence-corrected chi connectivity index (χ2v) is 7.53. The van der Waals surface area contributed by atoms with Crippen molar-refractivity contribution in [3.8, 4) is 0 Å². The van der Waals surface area contributed by atoms with Crippen molar-refractivity contribution in [3.63, 3.8) is 0 Å². The summed E-state index contributed by atoms with van der Waals surface area (Å²) in [6.45, 7) is 10.7. The topological polar surface area (TPSA) is 64.8 Å². The van der Waals surface area contributed by atoms with E-state index in [1.807, 2.05) is 38.1 Å². The zero-order valence-corrected chi connectivity index (χ0v) is 21.2. The Kier molecular flexibility index (Phi) is 9.94. The van der Waals surface area contributed by atoms with Crippen LogP contribution >= 0.6 is 24.0 Å². The molecule has 1 aromatic carbocycles. The average Bonchev–Trinajstić information content (AvgIpc) is 3.15. The van der Waals surface area contributed by atoms with Gasteiger partial charge in [-0.1, -0.05) is 13.0 Å². The number of hydrogen-bond donors (Lipinski definition) is 1. The lowest BCUT2D eigenvalue weighted by molar-refractivity contribution is 0.270. The van der Waals surface area contributed by atoms with E-state index in [9.17, 15) is 4.39 Å². The summed E-state index contributed by atoms with van der Waals surface area (Å²) in [5.41, 5.74) is 1.54. The minimum absolute atomic E-state index is 0. The zero-order chi connectivity index (χ0) is 21.5. The molecular formula is C21H34FIN8. The summed E-state index contributed by atoms with van der Waals surface area (Å²) in [4.78, 5) is 15.5. The van der Waals surface area contributed by atoms with Crippen LogP contribution in [0.5, 0.6) is 0 Å². The molecule has 0 bridgehead atoms. The molecule has 0 atom stereocenters. The number of hydrogen-bond acceptors (Lipinski definition) is 5. The largest absolute Gasteiger partial charge is 0.367 e. The van der Waals surface area contributed by atoms with Crippen LogP contribution in [0.4, 0.5) is 10.1 Å². The normalized spacial score (nSPS) is 15.0. The molecule has 0 amide bonds. The second-order valence-electron chi connectivity index (χ2n) is 7.53. The molecule has 0 aliphatic carbocycles. The minimum atomic E-state index is -0.176. The van der Waals surface area contributed by atoms with E-state index in [0.717, 1.165) is 56.6 Å². The van der Waals surface area contributed by atoms with Crippen molar-refractivity contribution >= 4 is 35.6 Å². The van der Waals surface area contributed by atoms with Crippen LogP contribution in [-0.4, -0.2) is 76.8 Å². The molecule has 1 aliphatic rings. The third-order valence-corrected chi connectivity index (χ3v) is 5.46. The molecule has 1 N–H and O–H groups in total.